The van der Waals surface area contributed by atoms with Crippen LogP contribution in [0.1, 0.15) is 45.1 Å². The Morgan fingerprint density at radius 1 is 1.09 bits per heavy atom. The van der Waals surface area contributed by atoms with E-state index in [-0.39, 0.29) is 11.8 Å². The van der Waals surface area contributed by atoms with E-state index in [0.717, 1.165) is 41.2 Å². The van der Waals surface area contributed by atoms with E-state index in [1.807, 2.05) is 48.5 Å². The number of carbonyl (C=O) groups excluding carboxylic acids is 2. The van der Waals surface area contributed by atoms with Crippen LogP contribution in [0.25, 0.3) is 0 Å². The van der Waals surface area contributed by atoms with Crippen LogP contribution in [0.3, 0.4) is 0 Å². The van der Waals surface area contributed by atoms with Crippen molar-refractivity contribution in [3.8, 4) is 5.75 Å². The lowest BCUT2D eigenvalue weighted by Crippen LogP contribution is -2.47. The van der Waals surface area contributed by atoms with Crippen molar-refractivity contribution in [2.24, 2.45) is 0 Å². The molecular weight excluding hydrogens is 444 g/mol. The molecule has 1 N–H and O–H groups in total. The standard InChI is InChI=1S/C25H33ClN2O3S/c1-4-5-16-27-25(30)19(2)28(18-20-8-12-22(31-3)13-9-20)24(29)7-6-17-32-23-14-10-21(26)11-15-23/h8-15,19H,4-7,16-18H2,1-3H3,(H,27,30)/t19-/m1/s1. The zero-order chi connectivity index (χ0) is 23.3. The van der Waals surface area contributed by atoms with Gasteiger partial charge in [0.15, 0.2) is 0 Å². The summed E-state index contributed by atoms with van der Waals surface area (Å²) in [5, 5.41) is 3.66. The van der Waals surface area contributed by atoms with Crippen LogP contribution in [0.4, 0.5) is 0 Å². The zero-order valence-electron chi connectivity index (χ0n) is 19.1. The number of benzene rings is 2. The smallest absolute Gasteiger partial charge is 0.242 e. The van der Waals surface area contributed by atoms with Gasteiger partial charge in [-0.1, -0.05) is 37.1 Å². The first-order valence-corrected chi connectivity index (χ1v) is 12.4. The number of carbonyl (C=O) groups is 2. The molecule has 5 nitrogen and oxygen atoms in total. The Balaban J connectivity index is 1.98. The molecule has 0 unspecified atom stereocenters. The molecule has 2 aromatic carbocycles. The van der Waals surface area contributed by atoms with Gasteiger partial charge in [0.25, 0.3) is 0 Å². The topological polar surface area (TPSA) is 58.6 Å². The van der Waals surface area contributed by atoms with E-state index in [2.05, 4.69) is 12.2 Å². The minimum atomic E-state index is -0.537. The van der Waals surface area contributed by atoms with Gasteiger partial charge in [0, 0.05) is 29.4 Å². The van der Waals surface area contributed by atoms with E-state index < -0.39 is 6.04 Å². The predicted octanol–water partition coefficient (Wildman–Crippen LogP) is 5.55. The van der Waals surface area contributed by atoms with Gasteiger partial charge < -0.3 is 15.0 Å². The lowest BCUT2D eigenvalue weighted by molar-refractivity contribution is -0.140. The second-order valence-electron chi connectivity index (χ2n) is 7.60. The van der Waals surface area contributed by atoms with Crippen LogP contribution in [0, 0.1) is 0 Å². The molecule has 174 valence electrons. The number of nitrogens with one attached hydrogen (secondary N) is 1. The summed E-state index contributed by atoms with van der Waals surface area (Å²) < 4.78 is 5.22. The van der Waals surface area contributed by atoms with Crippen molar-refractivity contribution in [3.05, 3.63) is 59.1 Å². The first-order valence-electron chi connectivity index (χ1n) is 11.0. The van der Waals surface area contributed by atoms with Crippen LogP contribution in [-0.2, 0) is 16.1 Å². The van der Waals surface area contributed by atoms with Gasteiger partial charge in [-0.2, -0.15) is 0 Å². The summed E-state index contributed by atoms with van der Waals surface area (Å²) in [7, 11) is 1.62. The maximum absolute atomic E-state index is 13.1. The largest absolute Gasteiger partial charge is 0.497 e. The lowest BCUT2D eigenvalue weighted by Gasteiger charge is -2.29. The molecule has 1 atom stereocenters. The van der Waals surface area contributed by atoms with Crippen LogP contribution in [0.2, 0.25) is 5.02 Å². The monoisotopic (exact) mass is 476 g/mol. The fraction of sp³-hybridized carbons (Fsp3) is 0.440. The number of ether oxygens (including phenoxy) is 1. The molecule has 2 rings (SSSR count). The van der Waals surface area contributed by atoms with Gasteiger partial charge in [-0.05, 0) is 67.5 Å². The van der Waals surface area contributed by atoms with Crippen molar-refractivity contribution >= 4 is 35.2 Å². The Labute approximate surface area is 200 Å². The van der Waals surface area contributed by atoms with Crippen LogP contribution in [-0.4, -0.2) is 42.2 Å². The summed E-state index contributed by atoms with van der Waals surface area (Å²) in [6.07, 6.45) is 3.06. The molecule has 0 bridgehead atoms. The number of thioether (sulfide) groups is 1. The van der Waals surface area contributed by atoms with E-state index in [0.29, 0.717) is 24.5 Å². The molecule has 0 saturated heterocycles. The Morgan fingerprint density at radius 2 is 1.78 bits per heavy atom. The van der Waals surface area contributed by atoms with Gasteiger partial charge >= 0.3 is 0 Å². The fourth-order valence-corrected chi connectivity index (χ4v) is 4.11. The second kappa shape index (κ2) is 14.1. The van der Waals surface area contributed by atoms with Crippen molar-refractivity contribution in [3.63, 3.8) is 0 Å². The quantitative estimate of drug-likeness (QED) is 0.304. The number of methoxy groups -OCH3 is 1. The average Bonchev–Trinajstić information content (AvgIpc) is 2.81. The fourth-order valence-electron chi connectivity index (χ4n) is 3.13. The van der Waals surface area contributed by atoms with Gasteiger partial charge in [-0.3, -0.25) is 9.59 Å². The van der Waals surface area contributed by atoms with E-state index >= 15 is 0 Å². The lowest BCUT2D eigenvalue weighted by atomic mass is 10.1. The molecular formula is C25H33ClN2O3S. The Bertz CT molecular complexity index is 843. The molecule has 0 aliphatic heterocycles. The highest BCUT2D eigenvalue weighted by Crippen LogP contribution is 2.22. The third-order valence-electron chi connectivity index (χ3n) is 5.13. The van der Waals surface area contributed by atoms with E-state index in [1.54, 1.807) is 30.7 Å². The van der Waals surface area contributed by atoms with Crippen molar-refractivity contribution in [2.75, 3.05) is 19.4 Å². The first kappa shape index (κ1) is 26.1. The summed E-state index contributed by atoms with van der Waals surface area (Å²) in [4.78, 5) is 28.6. The summed E-state index contributed by atoms with van der Waals surface area (Å²) in [5.74, 6) is 1.45. The highest BCUT2D eigenvalue weighted by atomic mass is 35.5. The van der Waals surface area contributed by atoms with Crippen molar-refractivity contribution in [1.82, 2.24) is 10.2 Å². The number of unbranched alkanes of at least 4 members (excludes halogenated alkanes) is 1. The molecule has 0 aromatic heterocycles. The predicted molar refractivity (Wildman–Crippen MR) is 132 cm³/mol. The number of hydrogen-bond donors (Lipinski definition) is 1. The van der Waals surface area contributed by atoms with Gasteiger partial charge in [0.1, 0.15) is 11.8 Å². The van der Waals surface area contributed by atoms with Gasteiger partial charge in [-0.15, -0.1) is 11.8 Å². The summed E-state index contributed by atoms with van der Waals surface area (Å²) in [6, 6.07) is 14.7. The van der Waals surface area contributed by atoms with Crippen LogP contribution in [0.5, 0.6) is 5.75 Å². The van der Waals surface area contributed by atoms with Crippen LogP contribution < -0.4 is 10.1 Å². The number of rotatable bonds is 13. The highest BCUT2D eigenvalue weighted by Gasteiger charge is 2.25. The maximum atomic E-state index is 13.1. The van der Waals surface area contributed by atoms with E-state index in [9.17, 15) is 9.59 Å². The first-order chi connectivity index (χ1) is 15.4. The minimum absolute atomic E-state index is 0.0179. The summed E-state index contributed by atoms with van der Waals surface area (Å²) in [6.45, 7) is 4.89. The van der Waals surface area contributed by atoms with Crippen LogP contribution >= 0.6 is 23.4 Å². The van der Waals surface area contributed by atoms with Crippen LogP contribution in [0.15, 0.2) is 53.4 Å². The zero-order valence-corrected chi connectivity index (χ0v) is 20.7. The van der Waals surface area contributed by atoms with Crippen molar-refractivity contribution in [1.29, 1.82) is 0 Å². The highest BCUT2D eigenvalue weighted by molar-refractivity contribution is 7.99. The molecule has 0 spiro atoms. The summed E-state index contributed by atoms with van der Waals surface area (Å²) >= 11 is 7.63. The molecule has 0 saturated carbocycles. The molecule has 0 aliphatic carbocycles. The maximum Gasteiger partial charge on any atom is 0.242 e. The third-order valence-corrected chi connectivity index (χ3v) is 6.48. The Kier molecular flexibility index (Phi) is 11.5. The molecule has 2 amide bonds. The Hall–Kier alpha value is -2.18. The van der Waals surface area contributed by atoms with E-state index in [1.165, 1.54) is 0 Å². The molecule has 0 heterocycles. The molecule has 32 heavy (non-hydrogen) atoms. The summed E-state index contributed by atoms with van der Waals surface area (Å²) in [5.41, 5.74) is 0.961. The minimum Gasteiger partial charge on any atom is -0.497 e. The number of amides is 2. The average molecular weight is 477 g/mol. The number of halogens is 1. The van der Waals surface area contributed by atoms with Gasteiger partial charge in [-0.25, -0.2) is 0 Å². The second-order valence-corrected chi connectivity index (χ2v) is 9.20. The molecule has 0 fully saturated rings. The van der Waals surface area contributed by atoms with Crippen molar-refractivity contribution < 1.29 is 14.3 Å². The van der Waals surface area contributed by atoms with E-state index in [4.69, 9.17) is 16.3 Å². The number of nitrogens with zero attached hydrogens (tertiary/aromatic N) is 1. The third kappa shape index (κ3) is 8.75. The van der Waals surface area contributed by atoms with Crippen molar-refractivity contribution in [2.45, 2.75) is 57.0 Å². The molecule has 0 radical (unpaired) electrons. The normalized spacial score (nSPS) is 11.6. The van der Waals surface area contributed by atoms with Gasteiger partial charge in [0.05, 0.1) is 7.11 Å². The molecule has 7 heteroatoms. The Morgan fingerprint density at radius 3 is 2.41 bits per heavy atom. The molecule has 0 aliphatic rings. The number of hydrogen-bond acceptors (Lipinski definition) is 4. The molecule has 2 aromatic rings. The SMILES string of the molecule is CCCCNC(=O)[C@@H](C)N(Cc1ccc(OC)cc1)C(=O)CCCSc1ccc(Cl)cc1. The van der Waals surface area contributed by atoms with Gasteiger partial charge in [0.2, 0.25) is 11.8 Å².